The highest BCUT2D eigenvalue weighted by Gasteiger charge is 2.26. The van der Waals surface area contributed by atoms with E-state index in [1.807, 2.05) is 19.1 Å². The minimum Gasteiger partial charge on any atom is -0.491 e. The molecule has 7 nitrogen and oxygen atoms in total. The first kappa shape index (κ1) is 20.9. The van der Waals surface area contributed by atoms with Crippen LogP contribution in [0.25, 0.3) is 6.08 Å². The molecule has 2 aromatic carbocycles. The van der Waals surface area contributed by atoms with Crippen LogP contribution in [0.15, 0.2) is 47.1 Å². The van der Waals surface area contributed by atoms with E-state index in [-0.39, 0.29) is 17.5 Å². The van der Waals surface area contributed by atoms with Gasteiger partial charge in [0.15, 0.2) is 17.2 Å². The molecule has 0 radical (unpaired) electrons. The van der Waals surface area contributed by atoms with Gasteiger partial charge in [-0.1, -0.05) is 11.6 Å². The van der Waals surface area contributed by atoms with E-state index in [0.717, 1.165) is 18.7 Å². The van der Waals surface area contributed by atoms with Gasteiger partial charge in [-0.2, -0.15) is 0 Å². The van der Waals surface area contributed by atoms with Crippen LogP contribution in [0.4, 0.5) is 5.69 Å². The number of hydrogen-bond donors (Lipinski definition) is 0. The lowest BCUT2D eigenvalue weighted by Gasteiger charge is -2.15. The molecule has 4 rings (SSSR count). The van der Waals surface area contributed by atoms with Crippen molar-refractivity contribution in [1.29, 1.82) is 0 Å². The molecule has 2 aliphatic heterocycles. The van der Waals surface area contributed by atoms with Crippen LogP contribution in [0.3, 0.4) is 0 Å². The molecule has 0 aromatic heterocycles. The Bertz CT molecular complexity index is 1090. The van der Waals surface area contributed by atoms with Crippen molar-refractivity contribution in [2.24, 2.45) is 4.99 Å². The van der Waals surface area contributed by atoms with Crippen LogP contribution in [-0.4, -0.2) is 38.0 Å². The lowest BCUT2D eigenvalue weighted by molar-refractivity contribution is -0.130. The van der Waals surface area contributed by atoms with Crippen LogP contribution in [0, 0.1) is 0 Å². The van der Waals surface area contributed by atoms with Gasteiger partial charge in [0.25, 0.3) is 0 Å². The number of amides is 1. The minimum atomic E-state index is -0.557. The van der Waals surface area contributed by atoms with E-state index in [2.05, 4.69) is 4.99 Å². The molecular weight excluding hydrogens is 420 g/mol. The van der Waals surface area contributed by atoms with E-state index < -0.39 is 5.97 Å². The summed E-state index contributed by atoms with van der Waals surface area (Å²) in [4.78, 5) is 30.3. The second-order valence-electron chi connectivity index (χ2n) is 7.00. The summed E-state index contributed by atoms with van der Waals surface area (Å²) in [6.45, 7) is 3.01. The van der Waals surface area contributed by atoms with Gasteiger partial charge in [0.05, 0.1) is 18.7 Å². The van der Waals surface area contributed by atoms with Crippen molar-refractivity contribution in [1.82, 2.24) is 0 Å². The van der Waals surface area contributed by atoms with Crippen molar-refractivity contribution >= 4 is 41.1 Å². The molecule has 1 fully saturated rings. The van der Waals surface area contributed by atoms with Crippen molar-refractivity contribution in [3.63, 3.8) is 0 Å². The number of nitrogens with zero attached hydrogens (tertiary/aromatic N) is 2. The van der Waals surface area contributed by atoms with Crippen molar-refractivity contribution < 1.29 is 23.8 Å². The summed E-state index contributed by atoms with van der Waals surface area (Å²) in [6.07, 6.45) is 3.01. The summed E-state index contributed by atoms with van der Waals surface area (Å²) >= 11 is 6.28. The Morgan fingerprint density at radius 3 is 2.65 bits per heavy atom. The highest BCUT2D eigenvalue weighted by Crippen LogP contribution is 2.37. The number of rotatable bonds is 6. The Hall–Kier alpha value is -3.32. The number of esters is 1. The molecule has 0 spiro atoms. The quantitative estimate of drug-likeness (QED) is 0.496. The maximum Gasteiger partial charge on any atom is 0.363 e. The third-order valence-corrected chi connectivity index (χ3v) is 5.24. The number of halogens is 1. The normalized spacial score (nSPS) is 17.2. The Kier molecular flexibility index (Phi) is 5.95. The van der Waals surface area contributed by atoms with Crippen LogP contribution in [0.1, 0.15) is 30.9 Å². The average molecular weight is 441 g/mol. The van der Waals surface area contributed by atoms with Gasteiger partial charge in [-0.05, 0) is 61.4 Å². The summed E-state index contributed by atoms with van der Waals surface area (Å²) in [5.41, 5.74) is 2.25. The molecule has 0 unspecified atom stereocenters. The summed E-state index contributed by atoms with van der Waals surface area (Å²) in [6, 6.07) is 10.6. The molecule has 0 aliphatic carbocycles. The van der Waals surface area contributed by atoms with E-state index in [0.29, 0.717) is 40.7 Å². The first-order valence-corrected chi connectivity index (χ1v) is 10.3. The topological polar surface area (TPSA) is 77.4 Å². The fourth-order valence-electron chi connectivity index (χ4n) is 3.53. The number of cyclic esters (lactones) is 1. The summed E-state index contributed by atoms with van der Waals surface area (Å²) < 4.78 is 16.2. The number of aliphatic imine (C=N–C) groups is 1. The molecule has 0 atom stereocenters. The van der Waals surface area contributed by atoms with Gasteiger partial charge in [0.1, 0.15) is 0 Å². The Balaban J connectivity index is 1.60. The number of hydrogen-bond acceptors (Lipinski definition) is 6. The predicted molar refractivity (Wildman–Crippen MR) is 118 cm³/mol. The number of ether oxygens (including phenoxy) is 3. The fraction of sp³-hybridized carbons (Fsp3) is 0.261. The maximum absolute atomic E-state index is 12.4. The van der Waals surface area contributed by atoms with Gasteiger partial charge >= 0.3 is 5.97 Å². The molecule has 160 valence electrons. The second-order valence-corrected chi connectivity index (χ2v) is 7.41. The highest BCUT2D eigenvalue weighted by molar-refractivity contribution is 6.32. The molecule has 31 heavy (non-hydrogen) atoms. The Morgan fingerprint density at radius 2 is 2.00 bits per heavy atom. The van der Waals surface area contributed by atoms with Crippen molar-refractivity contribution in [2.75, 3.05) is 25.2 Å². The molecule has 0 saturated carbocycles. The zero-order valence-electron chi connectivity index (χ0n) is 17.2. The van der Waals surface area contributed by atoms with Crippen LogP contribution in [0.5, 0.6) is 11.5 Å². The minimum absolute atomic E-state index is 0.118. The van der Waals surface area contributed by atoms with Gasteiger partial charge < -0.3 is 19.1 Å². The maximum atomic E-state index is 12.4. The molecule has 2 heterocycles. The lowest BCUT2D eigenvalue weighted by atomic mass is 10.1. The zero-order valence-corrected chi connectivity index (χ0v) is 17.9. The summed E-state index contributed by atoms with van der Waals surface area (Å²) in [7, 11) is 1.51. The van der Waals surface area contributed by atoms with Crippen LogP contribution < -0.4 is 14.4 Å². The average Bonchev–Trinajstić information content (AvgIpc) is 3.34. The first-order valence-electron chi connectivity index (χ1n) is 9.94. The first-order chi connectivity index (χ1) is 15.0. The molecular formula is C23H21ClN2O5. The third kappa shape index (κ3) is 4.27. The second kappa shape index (κ2) is 8.81. The van der Waals surface area contributed by atoms with Crippen LogP contribution >= 0.6 is 11.6 Å². The van der Waals surface area contributed by atoms with Crippen LogP contribution in [-0.2, 0) is 14.3 Å². The standard InChI is InChI=1S/C23H21ClN2O5/c1-3-30-19-13-14(11-17(24)21(19)29-2)12-18-23(28)31-22(25-18)15-6-8-16(9-7-15)26-10-4-5-20(26)27/h6-9,11-13H,3-5,10H2,1-2H3/b18-12-. The van der Waals surface area contributed by atoms with Gasteiger partial charge in [-0.25, -0.2) is 9.79 Å². The van der Waals surface area contributed by atoms with Gasteiger partial charge in [-0.15, -0.1) is 0 Å². The zero-order chi connectivity index (χ0) is 22.0. The SMILES string of the molecule is CCOc1cc(/C=C2\N=C(c3ccc(N4CCCC4=O)cc3)OC2=O)cc(Cl)c1OC. The van der Waals surface area contributed by atoms with Crippen molar-refractivity contribution in [2.45, 2.75) is 19.8 Å². The number of benzene rings is 2. The van der Waals surface area contributed by atoms with E-state index in [1.54, 1.807) is 35.2 Å². The summed E-state index contributed by atoms with van der Waals surface area (Å²) in [5, 5.41) is 0.364. The van der Waals surface area contributed by atoms with E-state index >= 15 is 0 Å². The molecule has 0 N–H and O–H groups in total. The van der Waals surface area contributed by atoms with E-state index in [9.17, 15) is 9.59 Å². The van der Waals surface area contributed by atoms with Gasteiger partial charge in [0, 0.05) is 24.2 Å². The number of anilines is 1. The number of carbonyl (C=O) groups excluding carboxylic acids is 2. The monoisotopic (exact) mass is 440 g/mol. The largest absolute Gasteiger partial charge is 0.491 e. The third-order valence-electron chi connectivity index (χ3n) is 4.96. The Labute approximate surface area is 184 Å². The van der Waals surface area contributed by atoms with Gasteiger partial charge in [0.2, 0.25) is 11.8 Å². The smallest absolute Gasteiger partial charge is 0.363 e. The molecule has 0 bridgehead atoms. The molecule has 2 aromatic rings. The van der Waals surface area contributed by atoms with Crippen molar-refractivity contribution in [3.8, 4) is 11.5 Å². The van der Waals surface area contributed by atoms with Crippen molar-refractivity contribution in [3.05, 3.63) is 58.2 Å². The van der Waals surface area contributed by atoms with E-state index in [4.69, 9.17) is 25.8 Å². The van der Waals surface area contributed by atoms with E-state index in [1.165, 1.54) is 7.11 Å². The lowest BCUT2D eigenvalue weighted by Crippen LogP contribution is -2.23. The molecule has 2 aliphatic rings. The molecule has 1 amide bonds. The summed E-state index contributed by atoms with van der Waals surface area (Å²) in [5.74, 6) is 0.679. The fourth-order valence-corrected chi connectivity index (χ4v) is 3.82. The van der Waals surface area contributed by atoms with Gasteiger partial charge in [-0.3, -0.25) is 4.79 Å². The predicted octanol–water partition coefficient (Wildman–Crippen LogP) is 4.22. The molecule has 1 saturated heterocycles. The number of carbonyl (C=O) groups is 2. The molecule has 8 heteroatoms. The highest BCUT2D eigenvalue weighted by atomic mass is 35.5. The Morgan fingerprint density at radius 1 is 1.23 bits per heavy atom. The number of methoxy groups -OCH3 is 1. The van der Waals surface area contributed by atoms with Crippen LogP contribution in [0.2, 0.25) is 5.02 Å².